The predicted molar refractivity (Wildman–Crippen MR) is 161 cm³/mol. The van der Waals surface area contributed by atoms with Crippen LogP contribution in [0.4, 0.5) is 43.4 Å². The quantitative estimate of drug-likeness (QED) is 0.231. The highest BCUT2D eigenvalue weighted by molar-refractivity contribution is 7.81. The van der Waals surface area contributed by atoms with Crippen LogP contribution in [0.1, 0.15) is 47.1 Å². The average Bonchev–Trinajstić information content (AvgIpc) is 3.16. The van der Waals surface area contributed by atoms with E-state index >= 15 is 0 Å². The number of aliphatic imine (C=N–C) groups is 1. The second kappa shape index (κ2) is 10.9. The van der Waals surface area contributed by atoms with Gasteiger partial charge in [-0.3, -0.25) is 4.90 Å². The summed E-state index contributed by atoms with van der Waals surface area (Å²) in [5.74, 6) is 0.267. The van der Waals surface area contributed by atoms with Crippen LogP contribution in [0, 0.1) is 25.2 Å². The highest BCUT2D eigenvalue weighted by Gasteiger charge is 2.58. The number of nitrogens with one attached hydrogen (secondary N) is 1. The van der Waals surface area contributed by atoms with Crippen LogP contribution >= 0.6 is 24.4 Å². The van der Waals surface area contributed by atoms with Gasteiger partial charge in [0.1, 0.15) is 11.4 Å². The van der Waals surface area contributed by atoms with E-state index in [4.69, 9.17) is 29.7 Å². The fourth-order valence-corrected chi connectivity index (χ4v) is 6.01. The molecular formula is C30H23F6N5S2. The van der Waals surface area contributed by atoms with Crippen molar-refractivity contribution in [3.05, 3.63) is 88.5 Å². The van der Waals surface area contributed by atoms with Crippen LogP contribution in [0.25, 0.3) is 0 Å². The van der Waals surface area contributed by atoms with Gasteiger partial charge in [0.15, 0.2) is 10.2 Å². The number of hydrogen-bond donors (Lipinski definition) is 1. The summed E-state index contributed by atoms with van der Waals surface area (Å²) < 4.78 is 82.4. The van der Waals surface area contributed by atoms with Crippen molar-refractivity contribution in [3.63, 3.8) is 0 Å². The summed E-state index contributed by atoms with van der Waals surface area (Å²) in [6.07, 6.45) is -7.49. The third kappa shape index (κ3) is 5.57. The van der Waals surface area contributed by atoms with Crippen LogP contribution in [0.5, 0.6) is 0 Å². The Balaban J connectivity index is 1.63. The Hall–Kier alpha value is -4.02. The van der Waals surface area contributed by atoms with Crippen molar-refractivity contribution in [1.29, 1.82) is 5.26 Å². The van der Waals surface area contributed by atoms with Crippen molar-refractivity contribution >= 4 is 57.6 Å². The van der Waals surface area contributed by atoms with E-state index < -0.39 is 34.6 Å². The normalized spacial score (nSPS) is 17.3. The molecule has 13 heteroatoms. The Morgan fingerprint density at radius 1 is 0.907 bits per heavy atom. The number of nitrogens with zero attached hydrogens (tertiary/aromatic N) is 4. The van der Waals surface area contributed by atoms with Crippen molar-refractivity contribution < 1.29 is 26.3 Å². The second-order valence-corrected chi connectivity index (χ2v) is 11.2. The lowest BCUT2D eigenvalue weighted by Gasteiger charge is -2.44. The highest BCUT2D eigenvalue weighted by atomic mass is 32.1. The first kappa shape index (κ1) is 30.4. The number of alkyl halides is 6. The molecule has 0 atom stereocenters. The number of anilines is 3. The van der Waals surface area contributed by atoms with Gasteiger partial charge >= 0.3 is 12.4 Å². The molecule has 0 radical (unpaired) electrons. The van der Waals surface area contributed by atoms with Gasteiger partial charge < -0.3 is 10.2 Å². The molecule has 0 aromatic heterocycles. The summed E-state index contributed by atoms with van der Waals surface area (Å²) in [6.45, 7) is 3.29. The lowest BCUT2D eigenvalue weighted by atomic mass is 9.74. The van der Waals surface area contributed by atoms with Gasteiger partial charge in [0.05, 0.1) is 28.4 Å². The third-order valence-electron chi connectivity index (χ3n) is 7.60. The fourth-order valence-electron chi connectivity index (χ4n) is 5.33. The van der Waals surface area contributed by atoms with Gasteiger partial charge in [-0.05, 0) is 106 Å². The molecule has 1 spiro atoms. The molecule has 43 heavy (non-hydrogen) atoms. The zero-order valence-electron chi connectivity index (χ0n) is 22.8. The second-order valence-electron chi connectivity index (χ2n) is 10.4. The van der Waals surface area contributed by atoms with E-state index in [2.05, 4.69) is 10.3 Å². The molecule has 1 saturated carbocycles. The van der Waals surface area contributed by atoms with Crippen molar-refractivity contribution in [2.75, 3.05) is 15.1 Å². The molecule has 5 rings (SSSR count). The summed E-state index contributed by atoms with van der Waals surface area (Å²) in [4.78, 5) is 7.92. The van der Waals surface area contributed by atoms with Crippen molar-refractivity contribution in [2.45, 2.75) is 51.0 Å². The average molecular weight is 632 g/mol. The number of benzene rings is 3. The van der Waals surface area contributed by atoms with Crippen LogP contribution in [0.2, 0.25) is 0 Å². The first-order valence-corrected chi connectivity index (χ1v) is 13.9. The molecule has 1 N–H and O–H groups in total. The maximum absolute atomic E-state index is 13.9. The van der Waals surface area contributed by atoms with E-state index in [1.807, 2.05) is 36.1 Å². The molecule has 1 heterocycles. The van der Waals surface area contributed by atoms with Crippen LogP contribution in [-0.2, 0) is 12.4 Å². The molecule has 1 aliphatic carbocycles. The lowest BCUT2D eigenvalue weighted by Crippen LogP contribution is -2.55. The third-order valence-corrected chi connectivity index (χ3v) is 8.16. The number of nitriles is 1. The minimum absolute atomic E-state index is 0.0343. The molecular weight excluding hydrogens is 608 g/mol. The first-order valence-electron chi connectivity index (χ1n) is 13.1. The van der Waals surface area contributed by atoms with E-state index in [1.54, 1.807) is 0 Å². The SMILES string of the molecule is Cc1ccc(N2C(=S)N(c3ccc(C)c(C(F)(F)F)c3)C(=NC(=S)Nc3ccc(C#N)c(C(F)(F)F)c3)C23CCC3)cc1. The molecule has 2 aliphatic rings. The number of rotatable bonds is 3. The number of thiocarbonyl (C=S) groups is 2. The molecule has 3 aromatic carbocycles. The summed E-state index contributed by atoms with van der Waals surface area (Å²) in [6, 6.07) is 16.0. The number of amidine groups is 1. The molecule has 0 bridgehead atoms. The van der Waals surface area contributed by atoms with Gasteiger partial charge in [-0.2, -0.15) is 31.6 Å². The van der Waals surface area contributed by atoms with Gasteiger partial charge in [0.25, 0.3) is 0 Å². The molecule has 1 aliphatic heterocycles. The Morgan fingerprint density at radius 2 is 1.53 bits per heavy atom. The van der Waals surface area contributed by atoms with E-state index in [0.29, 0.717) is 12.8 Å². The molecule has 5 nitrogen and oxygen atoms in total. The van der Waals surface area contributed by atoms with Crippen molar-refractivity contribution in [2.24, 2.45) is 4.99 Å². The molecule has 2 fully saturated rings. The van der Waals surface area contributed by atoms with E-state index in [9.17, 15) is 26.3 Å². The Morgan fingerprint density at radius 3 is 2.09 bits per heavy atom. The van der Waals surface area contributed by atoms with Crippen molar-refractivity contribution in [3.8, 4) is 6.07 Å². The number of aryl methyl sites for hydroxylation is 2. The largest absolute Gasteiger partial charge is 0.417 e. The summed E-state index contributed by atoms with van der Waals surface area (Å²) in [7, 11) is 0. The van der Waals surface area contributed by atoms with Crippen LogP contribution in [0.15, 0.2) is 65.7 Å². The van der Waals surface area contributed by atoms with Crippen LogP contribution in [0.3, 0.4) is 0 Å². The van der Waals surface area contributed by atoms with Crippen LogP contribution in [-0.4, -0.2) is 21.6 Å². The smallest absolute Gasteiger partial charge is 0.331 e. The fraction of sp³-hybridized carbons (Fsp3) is 0.267. The predicted octanol–water partition coefficient (Wildman–Crippen LogP) is 8.54. The van der Waals surface area contributed by atoms with Crippen molar-refractivity contribution in [1.82, 2.24) is 0 Å². The van der Waals surface area contributed by atoms with E-state index in [-0.39, 0.29) is 33.0 Å². The van der Waals surface area contributed by atoms with Gasteiger partial charge in [-0.25, -0.2) is 4.99 Å². The van der Waals surface area contributed by atoms with Gasteiger partial charge in [-0.15, -0.1) is 0 Å². The number of hydrogen-bond acceptors (Lipinski definition) is 3. The zero-order valence-corrected chi connectivity index (χ0v) is 24.4. The molecule has 0 amide bonds. The minimum atomic E-state index is -4.78. The van der Waals surface area contributed by atoms with E-state index in [1.165, 1.54) is 36.1 Å². The van der Waals surface area contributed by atoms with Gasteiger partial charge in [0.2, 0.25) is 0 Å². The molecule has 0 unspecified atom stereocenters. The maximum Gasteiger partial charge on any atom is 0.417 e. The molecule has 1 saturated heterocycles. The highest BCUT2D eigenvalue weighted by Crippen LogP contribution is 2.49. The standard InChI is InChI=1S/C30H23F6N5S2/c1-17-4-9-21(10-5-17)41-27(43)40(22-11-6-18(2)23(15-22)29(31,32)33)25(28(41)12-3-13-28)39-26(42)38-20-8-7-19(16-37)24(14-20)30(34,35)36/h4-11,14-15H,3,12-13H2,1-2H3,(H,38,42). The van der Waals surface area contributed by atoms with E-state index in [0.717, 1.165) is 35.9 Å². The molecule has 222 valence electrons. The first-order chi connectivity index (χ1) is 20.2. The lowest BCUT2D eigenvalue weighted by molar-refractivity contribution is -0.138. The summed E-state index contributed by atoms with van der Waals surface area (Å²) >= 11 is 11.3. The Bertz CT molecular complexity index is 1690. The summed E-state index contributed by atoms with van der Waals surface area (Å²) in [5, 5.41) is 11.8. The monoisotopic (exact) mass is 631 g/mol. The molecule has 3 aromatic rings. The number of halogens is 6. The Labute approximate surface area is 254 Å². The Kier molecular flexibility index (Phi) is 7.73. The zero-order chi connectivity index (χ0) is 31.3. The van der Waals surface area contributed by atoms with Gasteiger partial charge in [-0.1, -0.05) is 23.8 Å². The topological polar surface area (TPSA) is 54.7 Å². The summed E-state index contributed by atoms with van der Waals surface area (Å²) in [5.41, 5.74) is -1.54. The van der Waals surface area contributed by atoms with Crippen LogP contribution < -0.4 is 15.1 Å². The van der Waals surface area contributed by atoms with Gasteiger partial charge in [0, 0.05) is 11.4 Å². The minimum Gasteiger partial charge on any atom is -0.331 e. The maximum atomic E-state index is 13.9.